The fourth-order valence-electron chi connectivity index (χ4n) is 3.48. The Hall–Kier alpha value is -2.23. The molecular weight excluding hydrogens is 424 g/mol. The number of amides is 1. The molecule has 2 aromatic carbocycles. The van der Waals surface area contributed by atoms with Gasteiger partial charge < -0.3 is 5.32 Å². The quantitative estimate of drug-likeness (QED) is 0.755. The first-order valence-electron chi connectivity index (χ1n) is 9.67. The van der Waals surface area contributed by atoms with Crippen molar-refractivity contribution in [2.45, 2.75) is 36.5 Å². The minimum Gasteiger partial charge on any atom is -0.326 e. The summed E-state index contributed by atoms with van der Waals surface area (Å²) in [6.45, 7) is 4.29. The predicted molar refractivity (Wildman–Crippen MR) is 116 cm³/mol. The normalized spacial score (nSPS) is 16.4. The lowest BCUT2D eigenvalue weighted by Gasteiger charge is -2.30. The molecule has 0 aromatic heterocycles. The molecule has 0 saturated carbocycles. The van der Waals surface area contributed by atoms with E-state index in [1.165, 1.54) is 28.6 Å². The van der Waals surface area contributed by atoms with Crippen molar-refractivity contribution in [2.24, 2.45) is 5.92 Å². The average molecular weight is 451 g/mol. The van der Waals surface area contributed by atoms with Gasteiger partial charge in [-0.2, -0.15) is 4.31 Å². The van der Waals surface area contributed by atoms with Crippen molar-refractivity contribution in [3.05, 3.63) is 53.6 Å². The highest BCUT2D eigenvalue weighted by molar-refractivity contribution is 7.91. The lowest BCUT2D eigenvalue weighted by Crippen LogP contribution is -2.41. The van der Waals surface area contributed by atoms with Crippen molar-refractivity contribution >= 4 is 31.5 Å². The van der Waals surface area contributed by atoms with Crippen LogP contribution in [0, 0.1) is 19.8 Å². The number of nitrogens with zero attached hydrogens (tertiary/aromatic N) is 1. The van der Waals surface area contributed by atoms with Crippen LogP contribution in [0.3, 0.4) is 0 Å². The SMILES string of the molecule is Cc1ccc(C)c(NC(=O)C2CCN(S(=O)(=O)c3cccc(S(C)(=O)=O)c3)CC2)c1. The van der Waals surface area contributed by atoms with Gasteiger partial charge in [0.05, 0.1) is 9.79 Å². The van der Waals surface area contributed by atoms with Crippen LogP contribution in [0.1, 0.15) is 24.0 Å². The average Bonchev–Trinajstić information content (AvgIpc) is 2.70. The van der Waals surface area contributed by atoms with E-state index in [1.54, 1.807) is 0 Å². The number of sulfone groups is 1. The summed E-state index contributed by atoms with van der Waals surface area (Å²) in [5.74, 6) is -0.390. The van der Waals surface area contributed by atoms with E-state index in [4.69, 9.17) is 0 Å². The monoisotopic (exact) mass is 450 g/mol. The number of carbonyl (C=O) groups excluding carboxylic acids is 1. The van der Waals surface area contributed by atoms with Crippen LogP contribution in [0.5, 0.6) is 0 Å². The van der Waals surface area contributed by atoms with Gasteiger partial charge in [-0.05, 0) is 62.1 Å². The Morgan fingerprint density at radius 2 is 1.60 bits per heavy atom. The summed E-state index contributed by atoms with van der Waals surface area (Å²) in [5, 5.41) is 2.96. The van der Waals surface area contributed by atoms with Gasteiger partial charge >= 0.3 is 0 Å². The van der Waals surface area contributed by atoms with E-state index in [0.29, 0.717) is 12.8 Å². The van der Waals surface area contributed by atoms with E-state index in [1.807, 2.05) is 32.0 Å². The molecule has 0 aliphatic carbocycles. The van der Waals surface area contributed by atoms with Crippen LogP contribution in [0.25, 0.3) is 0 Å². The standard InChI is InChI=1S/C21H26N2O5S2/c1-15-7-8-16(2)20(13-15)22-21(24)17-9-11-23(12-10-17)30(27,28)19-6-4-5-18(14-19)29(3,25)26/h4-8,13-14,17H,9-12H2,1-3H3,(H,22,24). The fourth-order valence-corrected chi connectivity index (χ4v) is 5.74. The van der Waals surface area contributed by atoms with Crippen LogP contribution in [-0.4, -0.2) is 46.4 Å². The number of carbonyl (C=O) groups is 1. The van der Waals surface area contributed by atoms with Gasteiger partial charge in [-0.3, -0.25) is 4.79 Å². The molecule has 1 aliphatic rings. The van der Waals surface area contributed by atoms with Crippen molar-refractivity contribution in [3.63, 3.8) is 0 Å². The first kappa shape index (κ1) is 22.5. The number of piperidine rings is 1. The highest BCUT2D eigenvalue weighted by Crippen LogP contribution is 2.27. The second-order valence-electron chi connectivity index (χ2n) is 7.73. The summed E-state index contributed by atoms with van der Waals surface area (Å²) in [5.41, 5.74) is 2.79. The second kappa shape index (κ2) is 8.49. The third-order valence-corrected chi connectivity index (χ3v) is 8.35. The number of hydrogen-bond acceptors (Lipinski definition) is 5. The molecule has 1 N–H and O–H groups in total. The number of aryl methyl sites for hydroxylation is 2. The molecule has 0 unspecified atom stereocenters. The molecule has 1 aliphatic heterocycles. The van der Waals surface area contributed by atoms with E-state index >= 15 is 0 Å². The Morgan fingerprint density at radius 3 is 2.23 bits per heavy atom. The molecule has 9 heteroatoms. The fraction of sp³-hybridized carbons (Fsp3) is 0.381. The minimum absolute atomic E-state index is 0.0358. The van der Waals surface area contributed by atoms with Gasteiger partial charge in [-0.25, -0.2) is 16.8 Å². The molecule has 0 spiro atoms. The second-order valence-corrected chi connectivity index (χ2v) is 11.7. The maximum Gasteiger partial charge on any atom is 0.243 e. The zero-order valence-electron chi connectivity index (χ0n) is 17.3. The highest BCUT2D eigenvalue weighted by atomic mass is 32.2. The number of sulfonamides is 1. The molecule has 30 heavy (non-hydrogen) atoms. The van der Waals surface area contributed by atoms with Crippen LogP contribution >= 0.6 is 0 Å². The van der Waals surface area contributed by atoms with E-state index in [9.17, 15) is 21.6 Å². The van der Waals surface area contributed by atoms with Crippen molar-refractivity contribution in [1.29, 1.82) is 0 Å². The van der Waals surface area contributed by atoms with Gasteiger partial charge in [0.1, 0.15) is 0 Å². The van der Waals surface area contributed by atoms with Gasteiger partial charge in [0.15, 0.2) is 9.84 Å². The molecule has 1 heterocycles. The number of benzene rings is 2. The Morgan fingerprint density at radius 1 is 0.967 bits per heavy atom. The van der Waals surface area contributed by atoms with Gasteiger partial charge in [0.2, 0.25) is 15.9 Å². The first-order valence-corrected chi connectivity index (χ1v) is 13.0. The number of rotatable bonds is 5. The van der Waals surface area contributed by atoms with Gasteiger partial charge in [0.25, 0.3) is 0 Å². The van der Waals surface area contributed by atoms with Crippen LogP contribution < -0.4 is 5.32 Å². The minimum atomic E-state index is -3.83. The summed E-state index contributed by atoms with van der Waals surface area (Å²) in [6, 6.07) is 11.2. The Kier molecular flexibility index (Phi) is 6.35. The molecule has 0 radical (unpaired) electrons. The zero-order valence-corrected chi connectivity index (χ0v) is 18.9. The smallest absolute Gasteiger partial charge is 0.243 e. The first-order chi connectivity index (χ1) is 14.0. The predicted octanol–water partition coefficient (Wildman–Crippen LogP) is 2.75. The Labute approximate surface area is 178 Å². The summed E-state index contributed by atoms with van der Waals surface area (Å²) in [6.07, 6.45) is 1.85. The van der Waals surface area contributed by atoms with Crippen LogP contribution in [-0.2, 0) is 24.7 Å². The molecule has 2 aromatic rings. The highest BCUT2D eigenvalue weighted by Gasteiger charge is 2.32. The van der Waals surface area contributed by atoms with E-state index in [2.05, 4.69) is 5.32 Å². The summed E-state index contributed by atoms with van der Waals surface area (Å²) < 4.78 is 50.7. The molecule has 0 atom stereocenters. The lowest BCUT2D eigenvalue weighted by atomic mass is 9.97. The topological polar surface area (TPSA) is 101 Å². The molecule has 1 fully saturated rings. The zero-order chi connectivity index (χ0) is 22.1. The third kappa shape index (κ3) is 4.91. The van der Waals surface area contributed by atoms with E-state index < -0.39 is 19.9 Å². The van der Waals surface area contributed by atoms with Crippen molar-refractivity contribution in [2.75, 3.05) is 24.7 Å². The van der Waals surface area contributed by atoms with E-state index in [0.717, 1.165) is 23.1 Å². The molecule has 1 saturated heterocycles. The molecule has 7 nitrogen and oxygen atoms in total. The number of nitrogens with one attached hydrogen (secondary N) is 1. The summed E-state index contributed by atoms with van der Waals surface area (Å²) in [4.78, 5) is 12.6. The number of hydrogen-bond donors (Lipinski definition) is 1. The maximum atomic E-state index is 12.9. The summed E-state index contributed by atoms with van der Waals surface area (Å²) >= 11 is 0. The molecule has 3 rings (SSSR count). The lowest BCUT2D eigenvalue weighted by molar-refractivity contribution is -0.120. The van der Waals surface area contributed by atoms with Crippen molar-refractivity contribution in [1.82, 2.24) is 4.31 Å². The van der Waals surface area contributed by atoms with Crippen molar-refractivity contribution in [3.8, 4) is 0 Å². The molecule has 162 valence electrons. The third-order valence-electron chi connectivity index (χ3n) is 5.35. The van der Waals surface area contributed by atoms with Crippen LogP contribution in [0.2, 0.25) is 0 Å². The largest absolute Gasteiger partial charge is 0.326 e. The summed E-state index contributed by atoms with van der Waals surface area (Å²) in [7, 11) is -7.34. The van der Waals surface area contributed by atoms with Crippen LogP contribution in [0.4, 0.5) is 5.69 Å². The van der Waals surface area contributed by atoms with E-state index in [-0.39, 0.29) is 34.7 Å². The van der Waals surface area contributed by atoms with Gasteiger partial charge in [-0.15, -0.1) is 0 Å². The van der Waals surface area contributed by atoms with Crippen LogP contribution in [0.15, 0.2) is 52.3 Å². The molecule has 1 amide bonds. The maximum absolute atomic E-state index is 12.9. The van der Waals surface area contributed by atoms with Gasteiger partial charge in [0, 0.05) is 31.0 Å². The molecule has 0 bridgehead atoms. The van der Waals surface area contributed by atoms with Crippen molar-refractivity contribution < 1.29 is 21.6 Å². The molecular formula is C21H26N2O5S2. The Balaban J connectivity index is 1.69. The van der Waals surface area contributed by atoms with Gasteiger partial charge in [-0.1, -0.05) is 18.2 Å². The Bertz CT molecular complexity index is 1170. The number of anilines is 1.